The fourth-order valence-electron chi connectivity index (χ4n) is 5.24. The van der Waals surface area contributed by atoms with E-state index in [-0.39, 0.29) is 17.6 Å². The van der Waals surface area contributed by atoms with Gasteiger partial charge in [0.1, 0.15) is 0 Å². The van der Waals surface area contributed by atoms with E-state index in [1.807, 2.05) is 54.6 Å². The van der Waals surface area contributed by atoms with Crippen molar-refractivity contribution in [2.75, 3.05) is 24.4 Å². The van der Waals surface area contributed by atoms with Crippen LogP contribution in [0.4, 0.5) is 11.4 Å². The zero-order valence-corrected chi connectivity index (χ0v) is 21.1. The molecule has 3 aromatic rings. The monoisotopic (exact) mass is 502 g/mol. The Morgan fingerprint density at radius 1 is 0.944 bits per heavy atom. The Morgan fingerprint density at radius 2 is 1.64 bits per heavy atom. The molecule has 0 radical (unpaired) electrons. The third kappa shape index (κ3) is 4.22. The highest BCUT2D eigenvalue weighted by molar-refractivity contribution is 6.30. The zero-order chi connectivity index (χ0) is 25.4. The summed E-state index contributed by atoms with van der Waals surface area (Å²) in [5.41, 5.74) is 4.78. The SMILES string of the molecule is COc1ccc([C@H]2CC(=O)C3=C(C2)Nc2ccccc2N(C(C)=O)[C@H]3c2ccc(Cl)cc2)cc1OC. The van der Waals surface area contributed by atoms with Crippen molar-refractivity contribution in [1.29, 1.82) is 0 Å². The number of halogens is 1. The summed E-state index contributed by atoms with van der Waals surface area (Å²) in [4.78, 5) is 28.7. The van der Waals surface area contributed by atoms with Gasteiger partial charge in [0.2, 0.25) is 5.91 Å². The van der Waals surface area contributed by atoms with Crippen LogP contribution in [0, 0.1) is 0 Å². The topological polar surface area (TPSA) is 67.9 Å². The number of nitrogens with one attached hydrogen (secondary N) is 1. The van der Waals surface area contributed by atoms with Gasteiger partial charge >= 0.3 is 0 Å². The highest BCUT2D eigenvalue weighted by atomic mass is 35.5. The molecule has 0 unspecified atom stereocenters. The van der Waals surface area contributed by atoms with E-state index < -0.39 is 6.04 Å². The fraction of sp³-hybridized carbons (Fsp3) is 0.241. The summed E-state index contributed by atoms with van der Waals surface area (Å²) < 4.78 is 10.9. The zero-order valence-electron chi connectivity index (χ0n) is 20.4. The molecule has 0 aromatic heterocycles. The summed E-state index contributed by atoms with van der Waals surface area (Å²) >= 11 is 6.17. The Kier molecular flexibility index (Phi) is 6.46. The minimum absolute atomic E-state index is 0.00235. The Balaban J connectivity index is 1.66. The van der Waals surface area contributed by atoms with Gasteiger partial charge in [0, 0.05) is 29.6 Å². The molecule has 0 saturated heterocycles. The van der Waals surface area contributed by atoms with E-state index in [1.165, 1.54) is 6.92 Å². The number of Topliss-reactive ketones (excluding diaryl/α,β-unsaturated/α-hetero) is 1. The highest BCUT2D eigenvalue weighted by Gasteiger charge is 2.40. The van der Waals surface area contributed by atoms with Gasteiger partial charge in [-0.25, -0.2) is 0 Å². The number of nitrogens with zero attached hydrogens (tertiary/aromatic N) is 1. The van der Waals surface area contributed by atoms with Gasteiger partial charge in [0.25, 0.3) is 0 Å². The lowest BCUT2D eigenvalue weighted by Gasteiger charge is -2.34. The first-order valence-corrected chi connectivity index (χ1v) is 12.2. The number of carbonyl (C=O) groups is 2. The molecular weight excluding hydrogens is 476 g/mol. The van der Waals surface area contributed by atoms with Crippen LogP contribution in [0.1, 0.15) is 42.9 Å². The number of anilines is 2. The smallest absolute Gasteiger partial charge is 0.224 e. The van der Waals surface area contributed by atoms with Crippen molar-refractivity contribution in [2.24, 2.45) is 0 Å². The molecule has 2 aliphatic rings. The van der Waals surface area contributed by atoms with Crippen LogP contribution in [0.2, 0.25) is 5.02 Å². The van der Waals surface area contributed by atoms with Gasteiger partial charge in [0.05, 0.1) is 31.6 Å². The Morgan fingerprint density at radius 3 is 2.33 bits per heavy atom. The second-order valence-electron chi connectivity index (χ2n) is 9.02. The molecule has 0 saturated carbocycles. The first-order chi connectivity index (χ1) is 17.4. The van der Waals surface area contributed by atoms with Crippen LogP contribution >= 0.6 is 11.6 Å². The Bertz CT molecular complexity index is 1370. The Labute approximate surface area is 215 Å². The lowest BCUT2D eigenvalue weighted by molar-refractivity contribution is -0.117. The van der Waals surface area contributed by atoms with E-state index in [2.05, 4.69) is 5.32 Å². The molecule has 0 fully saturated rings. The summed E-state index contributed by atoms with van der Waals surface area (Å²) in [7, 11) is 3.20. The average Bonchev–Trinajstić information content (AvgIpc) is 3.03. The van der Waals surface area contributed by atoms with Crippen LogP contribution in [0.3, 0.4) is 0 Å². The molecule has 184 valence electrons. The number of benzene rings is 3. The van der Waals surface area contributed by atoms with Gasteiger partial charge in [-0.05, 0) is 59.9 Å². The maximum Gasteiger partial charge on any atom is 0.224 e. The van der Waals surface area contributed by atoms with Gasteiger partial charge in [-0.1, -0.05) is 41.9 Å². The molecule has 1 N–H and O–H groups in total. The van der Waals surface area contributed by atoms with E-state index in [0.29, 0.717) is 34.9 Å². The second-order valence-corrected chi connectivity index (χ2v) is 9.46. The quantitative estimate of drug-likeness (QED) is 0.455. The van der Waals surface area contributed by atoms with E-state index in [9.17, 15) is 9.59 Å². The van der Waals surface area contributed by atoms with Crippen LogP contribution < -0.4 is 19.7 Å². The number of hydrogen-bond acceptors (Lipinski definition) is 5. The van der Waals surface area contributed by atoms with Crippen LogP contribution in [-0.2, 0) is 9.59 Å². The van der Waals surface area contributed by atoms with Crippen molar-refractivity contribution < 1.29 is 19.1 Å². The van der Waals surface area contributed by atoms with Gasteiger partial charge < -0.3 is 14.8 Å². The molecule has 0 spiro atoms. The fourth-order valence-corrected chi connectivity index (χ4v) is 5.37. The summed E-state index contributed by atoms with van der Waals surface area (Å²) in [6, 6.07) is 20.2. The number of rotatable bonds is 4. The molecule has 1 amide bonds. The maximum atomic E-state index is 13.9. The summed E-state index contributed by atoms with van der Waals surface area (Å²) in [6.45, 7) is 1.53. The third-order valence-corrected chi connectivity index (χ3v) is 7.14. The van der Waals surface area contributed by atoms with Crippen molar-refractivity contribution in [2.45, 2.75) is 31.7 Å². The largest absolute Gasteiger partial charge is 0.493 e. The van der Waals surface area contributed by atoms with Crippen LogP contribution in [0.5, 0.6) is 11.5 Å². The molecule has 2 atom stereocenters. The van der Waals surface area contributed by atoms with Crippen molar-refractivity contribution in [3.63, 3.8) is 0 Å². The maximum absolute atomic E-state index is 13.9. The number of methoxy groups -OCH3 is 2. The molecule has 5 rings (SSSR count). The first-order valence-electron chi connectivity index (χ1n) is 11.8. The van der Waals surface area contributed by atoms with Crippen molar-refractivity contribution in [1.82, 2.24) is 0 Å². The predicted molar refractivity (Wildman–Crippen MR) is 141 cm³/mol. The lowest BCUT2D eigenvalue weighted by Crippen LogP contribution is -2.37. The number of amides is 1. The lowest BCUT2D eigenvalue weighted by atomic mass is 9.78. The number of ether oxygens (including phenoxy) is 2. The molecule has 1 aliphatic heterocycles. The number of para-hydroxylation sites is 2. The van der Waals surface area contributed by atoms with Crippen molar-refractivity contribution >= 4 is 34.7 Å². The molecule has 36 heavy (non-hydrogen) atoms. The van der Waals surface area contributed by atoms with E-state index >= 15 is 0 Å². The number of ketones is 1. The number of hydrogen-bond donors (Lipinski definition) is 1. The highest BCUT2D eigenvalue weighted by Crippen LogP contribution is 2.48. The molecule has 7 heteroatoms. The van der Waals surface area contributed by atoms with Crippen molar-refractivity contribution in [3.05, 3.63) is 94.1 Å². The molecule has 0 bridgehead atoms. The molecule has 1 heterocycles. The normalized spacial score (nSPS) is 19.1. The van der Waals surface area contributed by atoms with Gasteiger partial charge in [-0.2, -0.15) is 0 Å². The molecule has 3 aromatic carbocycles. The molecule has 1 aliphatic carbocycles. The first kappa shape index (κ1) is 23.9. The minimum Gasteiger partial charge on any atom is -0.493 e. The summed E-state index contributed by atoms with van der Waals surface area (Å²) in [5, 5.41) is 4.12. The van der Waals surface area contributed by atoms with E-state index in [4.69, 9.17) is 21.1 Å². The summed E-state index contributed by atoms with van der Waals surface area (Å²) in [5.74, 6) is 1.08. The number of fused-ring (bicyclic) bond motifs is 1. The van der Waals surface area contributed by atoms with E-state index in [1.54, 1.807) is 31.3 Å². The standard InChI is InChI=1S/C29H27ClN2O4/c1-17(33)32-24-7-5-4-6-22(24)31-23-14-20(19-10-13-26(35-2)27(16-19)36-3)15-25(34)28(23)29(32)18-8-11-21(30)12-9-18/h4-13,16,20,29,31H,14-15H2,1-3H3/t20-,29+/m1/s1. The second kappa shape index (κ2) is 9.70. The third-order valence-electron chi connectivity index (χ3n) is 6.89. The van der Waals surface area contributed by atoms with Gasteiger partial charge in [-0.15, -0.1) is 0 Å². The van der Waals surface area contributed by atoms with Crippen LogP contribution in [0.25, 0.3) is 0 Å². The molecule has 6 nitrogen and oxygen atoms in total. The Hall–Kier alpha value is -3.77. The average molecular weight is 503 g/mol. The van der Waals surface area contributed by atoms with Gasteiger partial charge in [-0.3, -0.25) is 14.5 Å². The van der Waals surface area contributed by atoms with E-state index in [0.717, 1.165) is 28.2 Å². The molecular formula is C29H27ClN2O4. The predicted octanol–water partition coefficient (Wildman–Crippen LogP) is 6.28. The van der Waals surface area contributed by atoms with Crippen LogP contribution in [0.15, 0.2) is 78.0 Å². The van der Waals surface area contributed by atoms with Crippen LogP contribution in [-0.4, -0.2) is 25.9 Å². The summed E-state index contributed by atoms with van der Waals surface area (Å²) in [6.07, 6.45) is 0.933. The minimum atomic E-state index is -0.565. The van der Waals surface area contributed by atoms with Gasteiger partial charge in [0.15, 0.2) is 17.3 Å². The number of allylic oxidation sites excluding steroid dienone is 1. The number of carbonyl (C=O) groups excluding carboxylic acids is 2. The van der Waals surface area contributed by atoms with Crippen molar-refractivity contribution in [3.8, 4) is 11.5 Å².